The number of nitrogens with one attached hydrogen (secondary N) is 1. The molecule has 0 saturated heterocycles. The summed E-state index contributed by atoms with van der Waals surface area (Å²) in [5.41, 5.74) is 5.36. The van der Waals surface area contributed by atoms with Crippen LogP contribution in [0.15, 0.2) is 18.2 Å². The van der Waals surface area contributed by atoms with Gasteiger partial charge in [0.2, 0.25) is 12.7 Å². The van der Waals surface area contributed by atoms with E-state index in [0.29, 0.717) is 30.1 Å². The maximum Gasteiger partial charge on any atom is 0.240 e. The molecule has 1 unspecified atom stereocenters. The number of fused-ring (bicyclic) bond motifs is 1. The molecule has 1 aliphatic heterocycles. The molecule has 1 aliphatic carbocycles. The van der Waals surface area contributed by atoms with Crippen LogP contribution in [0.2, 0.25) is 0 Å². The minimum Gasteiger partial charge on any atom is -0.491 e. The lowest BCUT2D eigenvalue weighted by atomic mass is 9.82. The molecule has 3 rings (SSSR count). The quantitative estimate of drug-likeness (QED) is 0.714. The van der Waals surface area contributed by atoms with E-state index in [2.05, 4.69) is 5.32 Å². The van der Waals surface area contributed by atoms with E-state index in [1.807, 2.05) is 0 Å². The predicted octanol–water partition coefficient (Wildman–Crippen LogP) is 0.933. The minimum atomic E-state index is -0.813. The summed E-state index contributed by atoms with van der Waals surface area (Å²) in [6.45, 7) is 0.383. The molecular formula is C17H24N2O5. The molecule has 1 saturated carbocycles. The van der Waals surface area contributed by atoms with Crippen molar-refractivity contribution in [2.24, 2.45) is 5.73 Å². The van der Waals surface area contributed by atoms with Crippen LogP contribution in [0.4, 0.5) is 0 Å². The van der Waals surface area contributed by atoms with Crippen molar-refractivity contribution in [3.63, 3.8) is 0 Å². The van der Waals surface area contributed by atoms with Gasteiger partial charge in [0.15, 0.2) is 11.5 Å². The van der Waals surface area contributed by atoms with Gasteiger partial charge in [0.25, 0.3) is 0 Å². The molecule has 1 aromatic carbocycles. The molecule has 1 heterocycles. The van der Waals surface area contributed by atoms with Crippen LogP contribution in [-0.4, -0.2) is 42.6 Å². The monoisotopic (exact) mass is 336 g/mol. The van der Waals surface area contributed by atoms with Gasteiger partial charge in [-0.1, -0.05) is 19.3 Å². The maximum absolute atomic E-state index is 12.2. The number of nitrogens with two attached hydrogens (primary N) is 1. The van der Waals surface area contributed by atoms with Crippen LogP contribution in [0.3, 0.4) is 0 Å². The van der Waals surface area contributed by atoms with Crippen molar-refractivity contribution in [2.45, 2.75) is 43.7 Å². The van der Waals surface area contributed by atoms with Crippen molar-refractivity contribution in [3.05, 3.63) is 18.2 Å². The number of benzene rings is 1. The Hall–Kier alpha value is -1.99. The van der Waals surface area contributed by atoms with Gasteiger partial charge in [-0.05, 0) is 25.0 Å². The molecule has 0 bridgehead atoms. The number of amides is 1. The fraction of sp³-hybridized carbons (Fsp3) is 0.588. The zero-order chi connectivity index (χ0) is 17.0. The Morgan fingerprint density at radius 1 is 1.29 bits per heavy atom. The van der Waals surface area contributed by atoms with Crippen LogP contribution in [0, 0.1) is 0 Å². The molecule has 4 N–H and O–H groups in total. The molecule has 1 amide bonds. The molecule has 0 radical (unpaired) electrons. The maximum atomic E-state index is 12.2. The van der Waals surface area contributed by atoms with E-state index in [9.17, 15) is 9.90 Å². The number of hydrogen-bond donors (Lipinski definition) is 3. The largest absolute Gasteiger partial charge is 0.491 e. The Labute approximate surface area is 141 Å². The highest BCUT2D eigenvalue weighted by molar-refractivity contribution is 5.86. The molecule has 1 atom stereocenters. The Morgan fingerprint density at radius 3 is 2.83 bits per heavy atom. The topological polar surface area (TPSA) is 103 Å². The summed E-state index contributed by atoms with van der Waals surface area (Å²) < 4.78 is 16.0. The van der Waals surface area contributed by atoms with E-state index < -0.39 is 11.6 Å². The lowest BCUT2D eigenvalue weighted by Crippen LogP contribution is -2.56. The van der Waals surface area contributed by atoms with E-state index in [0.717, 1.165) is 19.3 Å². The highest BCUT2D eigenvalue weighted by atomic mass is 16.7. The number of aliphatic hydroxyl groups excluding tert-OH is 1. The van der Waals surface area contributed by atoms with Crippen LogP contribution in [0.5, 0.6) is 17.2 Å². The smallest absolute Gasteiger partial charge is 0.240 e. The number of rotatable bonds is 6. The zero-order valence-corrected chi connectivity index (χ0v) is 13.6. The lowest BCUT2D eigenvalue weighted by Gasteiger charge is -2.32. The zero-order valence-electron chi connectivity index (χ0n) is 13.6. The van der Waals surface area contributed by atoms with Crippen LogP contribution in [-0.2, 0) is 4.79 Å². The average molecular weight is 336 g/mol. The average Bonchev–Trinajstić information content (AvgIpc) is 3.06. The van der Waals surface area contributed by atoms with Crippen LogP contribution in [0.1, 0.15) is 32.1 Å². The van der Waals surface area contributed by atoms with E-state index in [1.54, 1.807) is 18.2 Å². The van der Waals surface area contributed by atoms with Crippen molar-refractivity contribution >= 4 is 5.91 Å². The third-order valence-electron chi connectivity index (χ3n) is 4.48. The number of aliphatic hydroxyl groups is 1. The van der Waals surface area contributed by atoms with Gasteiger partial charge in [0.05, 0.1) is 5.54 Å². The minimum absolute atomic E-state index is 0.0670. The lowest BCUT2D eigenvalue weighted by molar-refractivity contribution is -0.128. The second-order valence-electron chi connectivity index (χ2n) is 6.41. The van der Waals surface area contributed by atoms with Gasteiger partial charge in [-0.3, -0.25) is 4.79 Å². The standard InChI is InChI=1S/C17H24N2O5/c18-17(6-2-1-3-7-17)16(21)19-9-12(20)10-22-13-4-5-14-15(8-13)24-11-23-14/h4-5,8,12,20H,1-3,6-7,9-11,18H2,(H,19,21). The highest BCUT2D eigenvalue weighted by Crippen LogP contribution is 2.35. The summed E-state index contributed by atoms with van der Waals surface area (Å²) in [5, 5.41) is 12.7. The Morgan fingerprint density at radius 2 is 2.04 bits per heavy atom. The van der Waals surface area contributed by atoms with Crippen LogP contribution >= 0.6 is 0 Å². The Balaban J connectivity index is 1.42. The van der Waals surface area contributed by atoms with Gasteiger partial charge in [0.1, 0.15) is 18.5 Å². The van der Waals surface area contributed by atoms with E-state index in [-0.39, 0.29) is 25.9 Å². The third-order valence-corrected chi connectivity index (χ3v) is 4.48. The van der Waals surface area contributed by atoms with Crippen LogP contribution < -0.4 is 25.3 Å². The van der Waals surface area contributed by atoms with E-state index in [4.69, 9.17) is 19.9 Å². The molecule has 0 spiro atoms. The van der Waals surface area contributed by atoms with Gasteiger partial charge in [0, 0.05) is 12.6 Å². The SMILES string of the molecule is NC1(C(=O)NCC(O)COc2ccc3c(c2)OCO3)CCCCC1. The fourth-order valence-corrected chi connectivity index (χ4v) is 3.01. The first-order chi connectivity index (χ1) is 11.6. The van der Waals surface area contributed by atoms with E-state index >= 15 is 0 Å². The molecule has 7 heteroatoms. The first kappa shape index (κ1) is 16.9. The number of hydrogen-bond acceptors (Lipinski definition) is 6. The molecule has 0 aromatic heterocycles. The summed E-state index contributed by atoms with van der Waals surface area (Å²) in [6, 6.07) is 5.22. The molecule has 1 aromatic rings. The number of ether oxygens (including phenoxy) is 3. The second-order valence-corrected chi connectivity index (χ2v) is 6.41. The van der Waals surface area contributed by atoms with Crippen LogP contribution in [0.25, 0.3) is 0 Å². The number of carbonyl (C=O) groups is 1. The van der Waals surface area contributed by atoms with Gasteiger partial charge >= 0.3 is 0 Å². The molecule has 132 valence electrons. The summed E-state index contributed by atoms with van der Waals surface area (Å²) in [5.74, 6) is 1.69. The molecule has 7 nitrogen and oxygen atoms in total. The third kappa shape index (κ3) is 3.91. The van der Waals surface area contributed by atoms with Crippen molar-refractivity contribution in [1.29, 1.82) is 0 Å². The van der Waals surface area contributed by atoms with Gasteiger partial charge in [-0.15, -0.1) is 0 Å². The normalized spacial score (nSPS) is 19.6. The summed E-state index contributed by atoms with van der Waals surface area (Å²) >= 11 is 0. The fourth-order valence-electron chi connectivity index (χ4n) is 3.01. The second kappa shape index (κ2) is 7.27. The molecule has 24 heavy (non-hydrogen) atoms. The summed E-state index contributed by atoms with van der Waals surface area (Å²) in [7, 11) is 0. The Kier molecular flexibility index (Phi) is 5.11. The molecule has 1 fully saturated rings. The highest BCUT2D eigenvalue weighted by Gasteiger charge is 2.35. The first-order valence-electron chi connectivity index (χ1n) is 8.34. The first-order valence-corrected chi connectivity index (χ1v) is 8.34. The summed E-state index contributed by atoms with van der Waals surface area (Å²) in [4.78, 5) is 12.2. The van der Waals surface area contributed by atoms with Crippen molar-refractivity contribution in [1.82, 2.24) is 5.32 Å². The van der Waals surface area contributed by atoms with Gasteiger partial charge < -0.3 is 30.4 Å². The van der Waals surface area contributed by atoms with Crippen molar-refractivity contribution < 1.29 is 24.1 Å². The Bertz CT molecular complexity index is 586. The van der Waals surface area contributed by atoms with Crippen molar-refractivity contribution in [3.8, 4) is 17.2 Å². The summed E-state index contributed by atoms with van der Waals surface area (Å²) in [6.07, 6.45) is 3.65. The van der Waals surface area contributed by atoms with Gasteiger partial charge in [-0.2, -0.15) is 0 Å². The number of carbonyl (C=O) groups excluding carboxylic acids is 1. The van der Waals surface area contributed by atoms with Gasteiger partial charge in [-0.25, -0.2) is 0 Å². The van der Waals surface area contributed by atoms with E-state index in [1.165, 1.54) is 0 Å². The molecular weight excluding hydrogens is 312 g/mol. The molecule has 2 aliphatic rings. The predicted molar refractivity (Wildman–Crippen MR) is 87.1 cm³/mol. The van der Waals surface area contributed by atoms with Crippen molar-refractivity contribution in [2.75, 3.05) is 19.9 Å².